The van der Waals surface area contributed by atoms with E-state index in [1.165, 1.54) is 0 Å². The third-order valence-corrected chi connectivity index (χ3v) is 5.87. The molecule has 0 saturated carbocycles. The van der Waals surface area contributed by atoms with E-state index in [4.69, 9.17) is 0 Å². The van der Waals surface area contributed by atoms with Gasteiger partial charge in [-0.3, -0.25) is 0 Å². The van der Waals surface area contributed by atoms with Crippen molar-refractivity contribution in [2.45, 2.75) is 27.7 Å². The molecule has 0 saturated heterocycles. The van der Waals surface area contributed by atoms with Crippen LogP contribution in [-0.4, -0.2) is 30.2 Å². The molecule has 0 aliphatic carbocycles. The van der Waals surface area contributed by atoms with Crippen molar-refractivity contribution in [3.05, 3.63) is 52.6 Å². The monoisotopic (exact) mass is 372 g/mol. The number of para-hydroxylation sites is 1. The van der Waals surface area contributed by atoms with Crippen molar-refractivity contribution in [2.24, 2.45) is 0 Å². The number of aromatic amines is 1. The molecular formula is C22H20N4O2. The largest absolute Gasteiger partial charge is 0.507 e. The van der Waals surface area contributed by atoms with E-state index in [-0.39, 0.29) is 5.75 Å². The lowest BCUT2D eigenvalue weighted by atomic mass is 9.96. The van der Waals surface area contributed by atoms with E-state index < -0.39 is 0 Å². The minimum absolute atomic E-state index is 0.128. The fourth-order valence-electron chi connectivity index (χ4n) is 4.26. The molecule has 0 aliphatic rings. The van der Waals surface area contributed by atoms with Crippen molar-refractivity contribution in [3.8, 4) is 17.2 Å². The first-order valence-electron chi connectivity index (χ1n) is 9.17. The quantitative estimate of drug-likeness (QED) is 0.398. The van der Waals surface area contributed by atoms with Crippen molar-refractivity contribution in [1.82, 2.24) is 20.0 Å². The van der Waals surface area contributed by atoms with Gasteiger partial charge in [-0.15, -0.1) is 5.10 Å². The minimum Gasteiger partial charge on any atom is -0.507 e. The molecule has 6 heteroatoms. The normalized spacial score (nSPS) is 11.9. The van der Waals surface area contributed by atoms with Gasteiger partial charge >= 0.3 is 0 Å². The molecule has 0 fully saturated rings. The van der Waals surface area contributed by atoms with Gasteiger partial charge in [-0.05, 0) is 56.5 Å². The first kappa shape index (κ1) is 16.6. The average Bonchev–Trinajstić information content (AvgIpc) is 3.27. The topological polar surface area (TPSA) is 87.0 Å². The molecule has 140 valence electrons. The summed E-state index contributed by atoms with van der Waals surface area (Å²) in [5, 5.41) is 31.9. The zero-order chi connectivity index (χ0) is 19.7. The summed E-state index contributed by atoms with van der Waals surface area (Å²) in [6, 6.07) is 9.40. The van der Waals surface area contributed by atoms with Gasteiger partial charge < -0.3 is 15.2 Å². The summed E-state index contributed by atoms with van der Waals surface area (Å²) in [6.07, 6.45) is 0. The lowest BCUT2D eigenvalue weighted by molar-refractivity contribution is 0.467. The summed E-state index contributed by atoms with van der Waals surface area (Å²) in [5.74, 6) is 0.435. The van der Waals surface area contributed by atoms with Crippen molar-refractivity contribution in [3.63, 3.8) is 0 Å². The number of aryl methyl sites for hydroxylation is 3. The molecule has 28 heavy (non-hydrogen) atoms. The Morgan fingerprint density at radius 1 is 0.893 bits per heavy atom. The second-order valence-electron chi connectivity index (χ2n) is 7.38. The van der Waals surface area contributed by atoms with E-state index in [9.17, 15) is 10.2 Å². The van der Waals surface area contributed by atoms with Crippen LogP contribution in [0.2, 0.25) is 0 Å². The summed E-state index contributed by atoms with van der Waals surface area (Å²) < 4.78 is 1.69. The van der Waals surface area contributed by atoms with Crippen LogP contribution < -0.4 is 0 Å². The van der Waals surface area contributed by atoms with Gasteiger partial charge in [0.15, 0.2) is 0 Å². The maximum atomic E-state index is 10.8. The second kappa shape index (κ2) is 5.48. The van der Waals surface area contributed by atoms with E-state index >= 15 is 0 Å². The molecule has 3 aromatic carbocycles. The Labute approximate surface area is 161 Å². The molecule has 2 aromatic heterocycles. The smallest absolute Gasteiger partial charge is 0.143 e. The number of hydrogen-bond acceptors (Lipinski definition) is 4. The Hall–Kier alpha value is -3.54. The summed E-state index contributed by atoms with van der Waals surface area (Å²) in [4.78, 5) is 3.38. The molecular weight excluding hydrogens is 352 g/mol. The molecule has 3 N–H and O–H groups in total. The summed E-state index contributed by atoms with van der Waals surface area (Å²) in [7, 11) is 0. The number of hydrogen-bond donors (Lipinski definition) is 3. The first-order chi connectivity index (χ1) is 13.4. The molecule has 0 amide bonds. The summed E-state index contributed by atoms with van der Waals surface area (Å²) in [6.45, 7) is 7.83. The van der Waals surface area contributed by atoms with Gasteiger partial charge in [0, 0.05) is 22.4 Å². The van der Waals surface area contributed by atoms with Crippen LogP contribution in [0.15, 0.2) is 30.3 Å². The van der Waals surface area contributed by atoms with E-state index in [1.807, 2.05) is 52.0 Å². The highest BCUT2D eigenvalue weighted by Crippen LogP contribution is 2.42. The Balaban J connectivity index is 1.97. The zero-order valence-electron chi connectivity index (χ0n) is 16.1. The number of phenols is 2. The standard InChI is InChI=1S/C22H20N4O2/c1-10-11(2)22(28)13(4)20-19(10)18-12(3)21(17(27)9-15(18)23-20)26-16-8-6-5-7-14(16)24-25-26/h5-9,23,27-28H,1-4H3. The van der Waals surface area contributed by atoms with Crippen LogP contribution >= 0.6 is 0 Å². The average molecular weight is 372 g/mol. The highest BCUT2D eigenvalue weighted by Gasteiger charge is 2.22. The highest BCUT2D eigenvalue weighted by atomic mass is 16.3. The number of benzene rings is 3. The van der Waals surface area contributed by atoms with E-state index in [0.29, 0.717) is 11.4 Å². The lowest BCUT2D eigenvalue weighted by Gasteiger charge is -2.12. The molecule has 5 rings (SSSR count). The van der Waals surface area contributed by atoms with E-state index in [0.717, 1.165) is 55.1 Å². The molecule has 0 aliphatic heterocycles. The first-order valence-corrected chi connectivity index (χ1v) is 9.17. The number of nitrogens with one attached hydrogen (secondary N) is 1. The van der Waals surface area contributed by atoms with Gasteiger partial charge in [0.05, 0.1) is 16.6 Å². The van der Waals surface area contributed by atoms with Gasteiger partial charge in [0.25, 0.3) is 0 Å². The number of aromatic hydroxyl groups is 2. The molecule has 0 bridgehead atoms. The van der Waals surface area contributed by atoms with Crippen LogP contribution in [0, 0.1) is 27.7 Å². The Kier molecular flexibility index (Phi) is 3.25. The minimum atomic E-state index is 0.128. The van der Waals surface area contributed by atoms with Gasteiger partial charge in [-0.2, -0.15) is 0 Å². The Morgan fingerprint density at radius 3 is 2.43 bits per heavy atom. The SMILES string of the molecule is Cc1c(O)c(C)c2[nH]c3cc(O)c(-n4nnc5ccccc54)c(C)c3c2c1C. The van der Waals surface area contributed by atoms with E-state index in [2.05, 4.69) is 15.3 Å². The van der Waals surface area contributed by atoms with Crippen molar-refractivity contribution >= 4 is 32.8 Å². The molecule has 0 radical (unpaired) electrons. The van der Waals surface area contributed by atoms with Gasteiger partial charge in [0.1, 0.15) is 22.7 Å². The maximum Gasteiger partial charge on any atom is 0.143 e. The van der Waals surface area contributed by atoms with Crippen LogP contribution in [0.3, 0.4) is 0 Å². The van der Waals surface area contributed by atoms with Gasteiger partial charge in [-0.1, -0.05) is 17.3 Å². The Bertz CT molecular complexity index is 1430. The van der Waals surface area contributed by atoms with Crippen molar-refractivity contribution < 1.29 is 10.2 Å². The van der Waals surface area contributed by atoms with Crippen LogP contribution in [0.5, 0.6) is 11.5 Å². The molecule has 0 atom stereocenters. The van der Waals surface area contributed by atoms with Crippen molar-refractivity contribution in [2.75, 3.05) is 0 Å². The molecule has 6 nitrogen and oxygen atoms in total. The fourth-order valence-corrected chi connectivity index (χ4v) is 4.26. The third kappa shape index (κ3) is 1.97. The summed E-state index contributed by atoms with van der Waals surface area (Å²) >= 11 is 0. The lowest BCUT2D eigenvalue weighted by Crippen LogP contribution is -2.00. The number of phenolic OH excluding ortho intramolecular Hbond substituents is 2. The van der Waals surface area contributed by atoms with Crippen LogP contribution in [0.1, 0.15) is 22.3 Å². The number of H-pyrrole nitrogens is 1. The number of nitrogens with zero attached hydrogens (tertiary/aromatic N) is 3. The maximum absolute atomic E-state index is 10.8. The number of fused-ring (bicyclic) bond motifs is 4. The van der Waals surface area contributed by atoms with Gasteiger partial charge in [-0.25, -0.2) is 4.68 Å². The van der Waals surface area contributed by atoms with Crippen LogP contribution in [0.25, 0.3) is 38.5 Å². The Morgan fingerprint density at radius 2 is 1.64 bits per heavy atom. The predicted octanol–water partition coefficient (Wildman–Crippen LogP) is 4.70. The van der Waals surface area contributed by atoms with Crippen LogP contribution in [0.4, 0.5) is 0 Å². The number of aromatic nitrogens is 4. The summed E-state index contributed by atoms with van der Waals surface area (Å²) in [5.41, 5.74) is 7.54. The van der Waals surface area contributed by atoms with E-state index in [1.54, 1.807) is 10.7 Å². The molecule has 0 spiro atoms. The predicted molar refractivity (Wildman–Crippen MR) is 111 cm³/mol. The third-order valence-electron chi connectivity index (χ3n) is 5.87. The molecule has 5 aromatic rings. The van der Waals surface area contributed by atoms with Crippen molar-refractivity contribution in [1.29, 1.82) is 0 Å². The molecule has 0 unspecified atom stereocenters. The van der Waals surface area contributed by atoms with Gasteiger partial charge in [0.2, 0.25) is 0 Å². The highest BCUT2D eigenvalue weighted by molar-refractivity contribution is 6.14. The van der Waals surface area contributed by atoms with Crippen LogP contribution in [-0.2, 0) is 0 Å². The second-order valence-corrected chi connectivity index (χ2v) is 7.38. The molecule has 2 heterocycles. The zero-order valence-corrected chi connectivity index (χ0v) is 16.1. The number of rotatable bonds is 1. The fraction of sp³-hybridized carbons (Fsp3) is 0.182.